The van der Waals surface area contributed by atoms with Crippen molar-refractivity contribution in [1.82, 2.24) is 4.57 Å². The number of rotatable bonds is 4. The zero-order chi connectivity index (χ0) is 24.1. The minimum Gasteiger partial charge on any atom is -0.394 e. The van der Waals surface area contributed by atoms with Gasteiger partial charge in [0, 0.05) is 11.6 Å². The third kappa shape index (κ3) is 3.96. The van der Waals surface area contributed by atoms with Gasteiger partial charge >= 0.3 is 0 Å². The number of aliphatic hydroxyl groups excluding tert-OH is 4. The van der Waals surface area contributed by atoms with E-state index in [1.165, 1.54) is 22.8 Å². The number of ether oxygens (including phenoxy) is 1. The van der Waals surface area contributed by atoms with E-state index >= 15 is 0 Å². The van der Waals surface area contributed by atoms with E-state index in [0.717, 1.165) is 22.4 Å². The van der Waals surface area contributed by atoms with Crippen LogP contribution in [0.25, 0.3) is 21.7 Å². The summed E-state index contributed by atoms with van der Waals surface area (Å²) in [6.07, 6.45) is -4.88. The van der Waals surface area contributed by atoms with E-state index in [2.05, 4.69) is 0 Å². The Kier molecular flexibility index (Phi) is 6.05. The fourth-order valence-electron chi connectivity index (χ4n) is 4.62. The van der Waals surface area contributed by atoms with E-state index in [1.54, 1.807) is 18.3 Å². The summed E-state index contributed by atoms with van der Waals surface area (Å²) < 4.78 is 35.0. The number of fused-ring (bicyclic) bond motifs is 2. The van der Waals surface area contributed by atoms with Crippen LogP contribution in [0.2, 0.25) is 5.02 Å². The highest BCUT2D eigenvalue weighted by molar-refractivity contribution is 6.35. The van der Waals surface area contributed by atoms with Crippen LogP contribution in [0.3, 0.4) is 0 Å². The third-order valence-electron chi connectivity index (χ3n) is 6.33. The van der Waals surface area contributed by atoms with E-state index in [0.29, 0.717) is 22.9 Å². The molecular formula is C25H22ClF2NO5. The highest BCUT2D eigenvalue weighted by Crippen LogP contribution is 2.37. The molecule has 4 N–H and O–H groups in total. The average molecular weight is 490 g/mol. The molecule has 178 valence electrons. The highest BCUT2D eigenvalue weighted by Gasteiger charge is 2.44. The monoisotopic (exact) mass is 489 g/mol. The Morgan fingerprint density at radius 3 is 2.38 bits per heavy atom. The summed E-state index contributed by atoms with van der Waals surface area (Å²) in [7, 11) is 0. The zero-order valence-electron chi connectivity index (χ0n) is 17.8. The molecule has 9 heteroatoms. The Bertz CT molecular complexity index is 1370. The van der Waals surface area contributed by atoms with Gasteiger partial charge in [-0.25, -0.2) is 8.78 Å². The van der Waals surface area contributed by atoms with Crippen molar-refractivity contribution in [1.29, 1.82) is 0 Å². The Labute approximate surface area is 198 Å². The van der Waals surface area contributed by atoms with Gasteiger partial charge < -0.3 is 29.7 Å². The lowest BCUT2D eigenvalue weighted by Gasteiger charge is -2.40. The topological polar surface area (TPSA) is 95.1 Å². The van der Waals surface area contributed by atoms with Gasteiger partial charge in [-0.3, -0.25) is 0 Å². The summed E-state index contributed by atoms with van der Waals surface area (Å²) in [4.78, 5) is 0. The molecule has 1 fully saturated rings. The Balaban J connectivity index is 1.60. The molecule has 2 heterocycles. The Hall–Kier alpha value is -2.59. The second-order valence-electron chi connectivity index (χ2n) is 8.57. The van der Waals surface area contributed by atoms with Crippen LogP contribution in [0, 0.1) is 11.6 Å². The van der Waals surface area contributed by atoms with Crippen LogP contribution < -0.4 is 0 Å². The largest absolute Gasteiger partial charge is 0.394 e. The maximum absolute atomic E-state index is 14.3. The maximum atomic E-state index is 14.3. The van der Waals surface area contributed by atoms with Gasteiger partial charge in [-0.05, 0) is 52.6 Å². The molecule has 1 aliphatic rings. The van der Waals surface area contributed by atoms with Crippen LogP contribution in [0.4, 0.5) is 8.78 Å². The maximum Gasteiger partial charge on any atom is 0.163 e. The van der Waals surface area contributed by atoms with Crippen LogP contribution in [-0.2, 0) is 11.2 Å². The normalized spacial score (nSPS) is 25.3. The Morgan fingerprint density at radius 2 is 1.62 bits per heavy atom. The quantitative estimate of drug-likeness (QED) is 0.353. The van der Waals surface area contributed by atoms with Crippen molar-refractivity contribution in [2.45, 2.75) is 37.1 Å². The van der Waals surface area contributed by atoms with Crippen LogP contribution in [-0.4, -0.2) is 56.0 Å². The first-order valence-electron chi connectivity index (χ1n) is 10.7. The van der Waals surface area contributed by atoms with Crippen LogP contribution in [0.5, 0.6) is 0 Å². The minimum atomic E-state index is -1.57. The van der Waals surface area contributed by atoms with Crippen molar-refractivity contribution < 1.29 is 33.9 Å². The van der Waals surface area contributed by atoms with Gasteiger partial charge in [-0.2, -0.15) is 0 Å². The first-order valence-corrected chi connectivity index (χ1v) is 11.1. The molecule has 34 heavy (non-hydrogen) atoms. The predicted molar refractivity (Wildman–Crippen MR) is 123 cm³/mol. The molecule has 4 aromatic rings. The lowest BCUT2D eigenvalue weighted by atomic mass is 9.98. The SMILES string of the molecule is OC[C@H]1O[C@@H](n2cc(Cc3ccc4cc(F)ccc4c3)c3cc(F)cc(Cl)c32)[C@H](O)[C@@H](O)[C@@H]1O. The number of hydrogen-bond acceptors (Lipinski definition) is 5. The van der Waals surface area contributed by atoms with Crippen molar-refractivity contribution in [2.75, 3.05) is 6.61 Å². The molecule has 5 rings (SSSR count). The van der Waals surface area contributed by atoms with Gasteiger partial charge in [0.05, 0.1) is 17.1 Å². The van der Waals surface area contributed by atoms with Gasteiger partial charge in [0.25, 0.3) is 0 Å². The molecule has 1 aromatic heterocycles. The molecule has 0 spiro atoms. The summed E-state index contributed by atoms with van der Waals surface area (Å²) in [6.45, 7) is -0.576. The number of hydrogen-bond donors (Lipinski definition) is 4. The van der Waals surface area contributed by atoms with E-state index < -0.39 is 43.1 Å². The summed E-state index contributed by atoms with van der Waals surface area (Å²) in [5, 5.41) is 42.7. The minimum absolute atomic E-state index is 0.0761. The molecule has 0 radical (unpaired) electrons. The zero-order valence-corrected chi connectivity index (χ0v) is 18.5. The molecule has 0 amide bonds. The summed E-state index contributed by atoms with van der Waals surface area (Å²) in [5.41, 5.74) is 1.94. The van der Waals surface area contributed by atoms with Gasteiger partial charge in [0.15, 0.2) is 6.23 Å². The van der Waals surface area contributed by atoms with E-state index in [-0.39, 0.29) is 10.8 Å². The molecular weight excluding hydrogens is 468 g/mol. The number of aromatic nitrogens is 1. The van der Waals surface area contributed by atoms with Crippen molar-refractivity contribution in [2.24, 2.45) is 0 Å². The molecule has 0 unspecified atom stereocenters. The standard InChI is InChI=1S/C25H22ClF2NO5/c26-19-9-17(28)8-18-15(6-12-1-2-14-7-16(27)4-3-13(14)5-12)10-29(21(18)19)25-24(33)23(32)22(31)20(11-30)34-25/h1-5,7-10,20,22-25,30-33H,6,11H2/t20-,22-,23+,24-,25-/m1/s1. The number of nitrogens with zero attached hydrogens (tertiary/aromatic N) is 1. The molecule has 0 bridgehead atoms. The average Bonchev–Trinajstić information content (AvgIpc) is 3.16. The van der Waals surface area contributed by atoms with E-state index in [1.807, 2.05) is 12.1 Å². The predicted octanol–water partition coefficient (Wildman–Crippen LogP) is 3.29. The van der Waals surface area contributed by atoms with Crippen molar-refractivity contribution in [3.05, 3.63) is 82.5 Å². The third-order valence-corrected chi connectivity index (χ3v) is 6.62. The van der Waals surface area contributed by atoms with Crippen molar-refractivity contribution in [3.63, 3.8) is 0 Å². The van der Waals surface area contributed by atoms with Crippen LogP contribution in [0.15, 0.2) is 54.7 Å². The first kappa shape index (κ1) is 23.2. The molecule has 1 aliphatic heterocycles. The van der Waals surface area contributed by atoms with Crippen molar-refractivity contribution >= 4 is 33.3 Å². The smallest absolute Gasteiger partial charge is 0.163 e. The second-order valence-corrected chi connectivity index (χ2v) is 8.97. The molecule has 5 atom stereocenters. The summed E-state index contributed by atoms with van der Waals surface area (Å²) >= 11 is 6.38. The molecule has 6 nitrogen and oxygen atoms in total. The molecule has 0 saturated carbocycles. The highest BCUT2D eigenvalue weighted by atomic mass is 35.5. The summed E-state index contributed by atoms with van der Waals surface area (Å²) in [5.74, 6) is -0.868. The van der Waals surface area contributed by atoms with Crippen molar-refractivity contribution in [3.8, 4) is 0 Å². The number of halogens is 3. The molecule has 3 aromatic carbocycles. The lowest BCUT2D eigenvalue weighted by molar-refractivity contribution is -0.250. The Morgan fingerprint density at radius 1 is 0.882 bits per heavy atom. The van der Waals surface area contributed by atoms with Gasteiger partial charge in [-0.15, -0.1) is 0 Å². The summed E-state index contributed by atoms with van der Waals surface area (Å²) in [6, 6.07) is 12.5. The lowest BCUT2D eigenvalue weighted by Crippen LogP contribution is -2.56. The molecule has 1 saturated heterocycles. The van der Waals surface area contributed by atoms with Gasteiger partial charge in [0.1, 0.15) is 36.1 Å². The molecule has 0 aliphatic carbocycles. The van der Waals surface area contributed by atoms with Crippen LogP contribution in [0.1, 0.15) is 17.4 Å². The fraction of sp³-hybridized carbons (Fsp3) is 0.280. The fourth-order valence-corrected chi connectivity index (χ4v) is 4.93. The van der Waals surface area contributed by atoms with Gasteiger partial charge in [0.2, 0.25) is 0 Å². The van der Waals surface area contributed by atoms with Crippen LogP contribution >= 0.6 is 11.6 Å². The number of aliphatic hydroxyl groups is 4. The van der Waals surface area contributed by atoms with E-state index in [9.17, 15) is 29.2 Å². The second kappa shape index (κ2) is 8.88. The van der Waals surface area contributed by atoms with E-state index in [4.69, 9.17) is 16.3 Å². The first-order chi connectivity index (χ1) is 16.3. The van der Waals surface area contributed by atoms with Gasteiger partial charge in [-0.1, -0.05) is 35.9 Å². The number of benzene rings is 3.